The van der Waals surface area contributed by atoms with Gasteiger partial charge in [-0.25, -0.2) is 4.39 Å². The first-order valence-corrected chi connectivity index (χ1v) is 9.86. The number of aromatic nitrogens is 2. The van der Waals surface area contributed by atoms with Gasteiger partial charge in [0, 0.05) is 26.2 Å². The normalized spacial score (nSPS) is 14.5. The minimum atomic E-state index is -0.620. The summed E-state index contributed by atoms with van der Waals surface area (Å²) in [7, 11) is 0. The van der Waals surface area contributed by atoms with Crippen LogP contribution < -0.4 is 10.6 Å². The summed E-state index contributed by atoms with van der Waals surface area (Å²) in [6, 6.07) is 4.19. The molecule has 1 aliphatic rings. The monoisotopic (exact) mass is 415 g/mol. The molecule has 0 unspecified atom stereocenters. The van der Waals surface area contributed by atoms with Gasteiger partial charge in [0.2, 0.25) is 11.0 Å². The molecule has 11 heteroatoms. The van der Waals surface area contributed by atoms with Gasteiger partial charge in [-0.1, -0.05) is 40.8 Å². The van der Waals surface area contributed by atoms with Crippen LogP contribution in [-0.2, 0) is 4.79 Å². The van der Waals surface area contributed by atoms with Crippen molar-refractivity contribution in [3.63, 3.8) is 0 Å². The zero-order chi connectivity index (χ0) is 18.7. The number of nitrogens with zero attached hydrogens (tertiary/aromatic N) is 4. The quantitative estimate of drug-likeness (QED) is 0.749. The van der Waals surface area contributed by atoms with E-state index in [4.69, 9.17) is 17.3 Å². The lowest BCUT2D eigenvalue weighted by Crippen LogP contribution is -2.49. The maximum atomic E-state index is 13.9. The molecule has 7 nitrogen and oxygen atoms in total. The highest BCUT2D eigenvalue weighted by Gasteiger charge is 2.27. The number of rotatable bonds is 5. The van der Waals surface area contributed by atoms with E-state index in [0.29, 0.717) is 35.7 Å². The zero-order valence-electron chi connectivity index (χ0n) is 13.5. The first kappa shape index (κ1) is 18.9. The number of thioether (sulfide) groups is 1. The predicted octanol–water partition coefficient (Wildman–Crippen LogP) is 1.87. The van der Waals surface area contributed by atoms with Crippen molar-refractivity contribution < 1.29 is 14.0 Å². The van der Waals surface area contributed by atoms with Crippen molar-refractivity contribution in [1.82, 2.24) is 15.1 Å². The predicted molar refractivity (Wildman–Crippen MR) is 99.4 cm³/mol. The van der Waals surface area contributed by atoms with Crippen molar-refractivity contribution >= 4 is 51.6 Å². The van der Waals surface area contributed by atoms with Crippen LogP contribution in [-0.4, -0.2) is 58.8 Å². The number of piperazine rings is 1. The second kappa shape index (κ2) is 8.19. The summed E-state index contributed by atoms with van der Waals surface area (Å²) in [5, 5.41) is 8.96. The van der Waals surface area contributed by atoms with Crippen molar-refractivity contribution in [2.24, 2.45) is 5.73 Å². The Labute approximate surface area is 162 Å². The van der Waals surface area contributed by atoms with Crippen LogP contribution in [0.5, 0.6) is 0 Å². The summed E-state index contributed by atoms with van der Waals surface area (Å²) >= 11 is 8.58. The number of primary amides is 1. The van der Waals surface area contributed by atoms with Gasteiger partial charge in [0.15, 0.2) is 4.34 Å². The molecule has 0 aliphatic carbocycles. The van der Waals surface area contributed by atoms with Crippen molar-refractivity contribution in [2.75, 3.05) is 36.8 Å². The Morgan fingerprint density at radius 1 is 1.27 bits per heavy atom. The van der Waals surface area contributed by atoms with Crippen LogP contribution in [0.15, 0.2) is 22.5 Å². The molecular weight excluding hydrogens is 401 g/mol. The van der Waals surface area contributed by atoms with Gasteiger partial charge in [-0.15, -0.1) is 10.2 Å². The molecule has 1 fully saturated rings. The lowest BCUT2D eigenvalue weighted by Gasteiger charge is -2.34. The number of amides is 2. The lowest BCUT2D eigenvalue weighted by atomic mass is 10.1. The zero-order valence-corrected chi connectivity index (χ0v) is 15.9. The van der Waals surface area contributed by atoms with E-state index in [1.807, 2.05) is 4.90 Å². The Morgan fingerprint density at radius 3 is 2.65 bits per heavy atom. The Bertz CT molecular complexity index is 806. The minimum absolute atomic E-state index is 0.0938. The van der Waals surface area contributed by atoms with Crippen molar-refractivity contribution in [3.05, 3.63) is 34.6 Å². The highest BCUT2D eigenvalue weighted by Crippen LogP contribution is 2.29. The van der Waals surface area contributed by atoms with Crippen LogP contribution in [0.4, 0.5) is 9.52 Å². The maximum absolute atomic E-state index is 13.9. The molecule has 0 spiro atoms. The van der Waals surface area contributed by atoms with Gasteiger partial charge < -0.3 is 15.5 Å². The number of carbonyl (C=O) groups excluding carboxylic acids is 2. The molecule has 0 saturated carbocycles. The lowest BCUT2D eigenvalue weighted by molar-refractivity contribution is -0.115. The Kier molecular flexibility index (Phi) is 5.94. The average molecular weight is 416 g/mol. The molecule has 0 bridgehead atoms. The van der Waals surface area contributed by atoms with E-state index in [-0.39, 0.29) is 16.3 Å². The number of benzene rings is 1. The van der Waals surface area contributed by atoms with Gasteiger partial charge in [-0.05, 0) is 12.1 Å². The molecule has 3 rings (SSSR count). The summed E-state index contributed by atoms with van der Waals surface area (Å²) in [4.78, 5) is 26.9. The molecule has 2 aromatic rings. The van der Waals surface area contributed by atoms with Crippen LogP contribution in [0.1, 0.15) is 10.4 Å². The smallest absolute Gasteiger partial charge is 0.258 e. The molecule has 1 aliphatic heterocycles. The summed E-state index contributed by atoms with van der Waals surface area (Å²) in [6.45, 7) is 1.94. The standard InChI is InChI=1S/C15H15ClFN5O2S2/c16-9-2-1-3-10(17)12(9)13(24)21-4-6-22(7-5-21)14-19-20-15(26-14)25-8-11(18)23/h1-3H,4-8H2,(H2,18,23). The van der Waals surface area contributed by atoms with E-state index in [9.17, 15) is 14.0 Å². The first-order chi connectivity index (χ1) is 12.5. The topological polar surface area (TPSA) is 92.4 Å². The molecule has 26 heavy (non-hydrogen) atoms. The third-order valence-electron chi connectivity index (χ3n) is 3.75. The van der Waals surface area contributed by atoms with Gasteiger partial charge in [0.1, 0.15) is 5.82 Å². The molecule has 138 valence electrons. The van der Waals surface area contributed by atoms with E-state index in [1.165, 1.54) is 41.3 Å². The third-order valence-corrected chi connectivity index (χ3v) is 6.20. The molecule has 1 aromatic heterocycles. The number of anilines is 1. The van der Waals surface area contributed by atoms with Gasteiger partial charge in [-0.3, -0.25) is 9.59 Å². The van der Waals surface area contributed by atoms with Crippen molar-refractivity contribution in [1.29, 1.82) is 0 Å². The van der Waals surface area contributed by atoms with Crippen LogP contribution in [0.25, 0.3) is 0 Å². The summed E-state index contributed by atoms with van der Waals surface area (Å²) < 4.78 is 14.6. The van der Waals surface area contributed by atoms with Crippen LogP contribution in [0, 0.1) is 5.82 Å². The molecular formula is C15H15ClFN5O2S2. The molecule has 1 saturated heterocycles. The van der Waals surface area contributed by atoms with E-state index >= 15 is 0 Å². The van der Waals surface area contributed by atoms with Crippen LogP contribution in [0.3, 0.4) is 0 Å². The summed E-state index contributed by atoms with van der Waals surface area (Å²) in [5.41, 5.74) is 5.02. The number of halogens is 2. The highest BCUT2D eigenvalue weighted by atomic mass is 35.5. The van der Waals surface area contributed by atoms with E-state index < -0.39 is 17.6 Å². The summed E-state index contributed by atoms with van der Waals surface area (Å²) in [5.74, 6) is -1.29. The average Bonchev–Trinajstić information content (AvgIpc) is 3.09. The van der Waals surface area contributed by atoms with Crippen LogP contribution >= 0.6 is 34.7 Å². The van der Waals surface area contributed by atoms with Crippen molar-refractivity contribution in [2.45, 2.75) is 4.34 Å². The second-order valence-electron chi connectivity index (χ2n) is 5.48. The number of carbonyl (C=O) groups is 2. The number of hydrogen-bond donors (Lipinski definition) is 1. The van der Waals surface area contributed by atoms with Gasteiger partial charge in [-0.2, -0.15) is 0 Å². The molecule has 2 heterocycles. The highest BCUT2D eigenvalue weighted by molar-refractivity contribution is 8.01. The van der Waals surface area contributed by atoms with Gasteiger partial charge in [0.05, 0.1) is 16.3 Å². The minimum Gasteiger partial charge on any atom is -0.369 e. The van der Waals surface area contributed by atoms with Crippen molar-refractivity contribution in [3.8, 4) is 0 Å². The van der Waals surface area contributed by atoms with E-state index in [0.717, 1.165) is 0 Å². The fourth-order valence-corrected chi connectivity index (χ4v) is 4.36. The molecule has 0 radical (unpaired) electrons. The molecule has 2 amide bonds. The maximum Gasteiger partial charge on any atom is 0.258 e. The number of hydrogen-bond acceptors (Lipinski definition) is 7. The second-order valence-corrected chi connectivity index (χ2v) is 8.07. The largest absolute Gasteiger partial charge is 0.369 e. The first-order valence-electron chi connectivity index (χ1n) is 7.68. The number of nitrogens with two attached hydrogens (primary N) is 1. The van der Waals surface area contributed by atoms with E-state index in [2.05, 4.69) is 10.2 Å². The fourth-order valence-electron chi connectivity index (χ4n) is 2.48. The fraction of sp³-hybridized carbons (Fsp3) is 0.333. The van der Waals surface area contributed by atoms with E-state index in [1.54, 1.807) is 4.90 Å². The Balaban J connectivity index is 1.61. The Morgan fingerprint density at radius 2 is 2.00 bits per heavy atom. The SMILES string of the molecule is NC(=O)CSc1nnc(N2CCN(C(=O)c3c(F)cccc3Cl)CC2)s1. The van der Waals surface area contributed by atoms with Gasteiger partial charge >= 0.3 is 0 Å². The Hall–Kier alpha value is -1.91. The molecule has 0 atom stereocenters. The van der Waals surface area contributed by atoms with Crippen LogP contribution in [0.2, 0.25) is 5.02 Å². The third kappa shape index (κ3) is 4.25. The van der Waals surface area contributed by atoms with Gasteiger partial charge in [0.25, 0.3) is 5.91 Å². The summed E-state index contributed by atoms with van der Waals surface area (Å²) in [6.07, 6.45) is 0. The molecule has 1 aromatic carbocycles. The molecule has 2 N–H and O–H groups in total.